The molecule has 76 valence electrons. The van der Waals surface area contributed by atoms with Gasteiger partial charge >= 0.3 is 15.5 Å². The second-order valence-electron chi connectivity index (χ2n) is 2.38. The smallest absolute Gasteiger partial charge is 0.472 e. The molecule has 5 heteroatoms. The second kappa shape index (κ2) is 6.82. The first kappa shape index (κ1) is 12.3. The fraction of sp³-hybridized carbons (Fsp3) is 0.625. The lowest BCUT2D eigenvalue weighted by Crippen LogP contribution is -2.30. The predicted molar refractivity (Wildman–Crippen MR) is 51.3 cm³/mol. The Hall–Kier alpha value is -0.653. The van der Waals surface area contributed by atoms with Crippen molar-refractivity contribution in [2.75, 3.05) is 13.2 Å². The van der Waals surface area contributed by atoms with Crippen molar-refractivity contribution < 1.29 is 18.1 Å². The van der Waals surface area contributed by atoms with E-state index in [1.807, 2.05) is 13.8 Å². The van der Waals surface area contributed by atoms with Crippen LogP contribution in [0.25, 0.3) is 0 Å². The average molecular weight is 204 g/mol. The third-order valence-corrected chi connectivity index (χ3v) is 2.77. The van der Waals surface area contributed by atoms with Crippen LogP contribution in [0.3, 0.4) is 0 Å². The van der Waals surface area contributed by atoms with Crippen LogP contribution in [0.5, 0.6) is 0 Å². The minimum absolute atomic E-state index is 0.358. The molecule has 0 aromatic carbocycles. The van der Waals surface area contributed by atoms with E-state index in [0.29, 0.717) is 18.8 Å². The van der Waals surface area contributed by atoms with Crippen molar-refractivity contribution in [2.24, 2.45) is 0 Å². The summed E-state index contributed by atoms with van der Waals surface area (Å²) in [6.07, 6.45) is 0. The van der Waals surface area contributed by atoms with E-state index in [2.05, 4.69) is 6.58 Å². The van der Waals surface area contributed by atoms with E-state index in [4.69, 9.17) is 13.3 Å². The first-order valence-corrected chi connectivity index (χ1v) is 5.62. The molecule has 4 nitrogen and oxygen atoms in total. The van der Waals surface area contributed by atoms with E-state index >= 15 is 0 Å². The van der Waals surface area contributed by atoms with Crippen LogP contribution >= 0.6 is 0 Å². The standard InChI is InChI=1S/C8H16O4Si/c1-5-10-13(11-6-2)12-8(9)7(3)4/h13H,3,5-6H2,1-2,4H3. The van der Waals surface area contributed by atoms with Crippen molar-refractivity contribution in [2.45, 2.75) is 20.8 Å². The Morgan fingerprint density at radius 2 is 1.77 bits per heavy atom. The number of hydrogen-bond donors (Lipinski definition) is 0. The molecule has 0 aliphatic carbocycles. The molecule has 0 aliphatic heterocycles. The molecule has 0 bridgehead atoms. The zero-order chi connectivity index (χ0) is 10.3. The summed E-state index contributed by atoms with van der Waals surface area (Å²) in [5, 5.41) is 0. The van der Waals surface area contributed by atoms with Gasteiger partial charge in [0.2, 0.25) is 0 Å². The average Bonchev–Trinajstić information content (AvgIpc) is 2.05. The van der Waals surface area contributed by atoms with Crippen molar-refractivity contribution in [3.63, 3.8) is 0 Å². The molecule has 0 aromatic heterocycles. The normalized spacial score (nSPS) is 10.2. The summed E-state index contributed by atoms with van der Waals surface area (Å²) in [5.74, 6) is -0.446. The maximum Gasteiger partial charge on any atom is 0.551 e. The summed E-state index contributed by atoms with van der Waals surface area (Å²) in [5.41, 5.74) is 0.358. The van der Waals surface area contributed by atoms with Gasteiger partial charge in [-0.3, -0.25) is 0 Å². The highest BCUT2D eigenvalue weighted by atomic mass is 28.3. The van der Waals surface area contributed by atoms with Gasteiger partial charge in [-0.2, -0.15) is 0 Å². The van der Waals surface area contributed by atoms with Crippen molar-refractivity contribution in [3.05, 3.63) is 12.2 Å². The van der Waals surface area contributed by atoms with Crippen LogP contribution < -0.4 is 0 Å². The topological polar surface area (TPSA) is 44.8 Å². The zero-order valence-electron chi connectivity index (χ0n) is 8.33. The summed E-state index contributed by atoms with van der Waals surface area (Å²) in [6, 6.07) is 0. The number of carbonyl (C=O) groups is 1. The zero-order valence-corrected chi connectivity index (χ0v) is 9.49. The lowest BCUT2D eigenvalue weighted by Gasteiger charge is -2.14. The summed E-state index contributed by atoms with van der Waals surface area (Å²) in [6.45, 7) is 9.68. The maximum absolute atomic E-state index is 11.1. The van der Waals surface area contributed by atoms with E-state index in [0.717, 1.165) is 0 Å². The molecule has 0 radical (unpaired) electrons. The summed E-state index contributed by atoms with van der Waals surface area (Å²) >= 11 is 0. The molecule has 13 heavy (non-hydrogen) atoms. The fourth-order valence-corrected chi connectivity index (χ4v) is 1.73. The molecular formula is C8H16O4Si. The van der Waals surface area contributed by atoms with Crippen LogP contribution in [0, 0.1) is 0 Å². The molecule has 0 heterocycles. The van der Waals surface area contributed by atoms with Gasteiger partial charge in [0, 0.05) is 18.8 Å². The molecule has 0 fully saturated rings. The Balaban J connectivity index is 3.93. The van der Waals surface area contributed by atoms with Crippen LogP contribution in [0.2, 0.25) is 0 Å². The fourth-order valence-electron chi connectivity index (χ4n) is 0.576. The van der Waals surface area contributed by atoms with E-state index in [1.54, 1.807) is 6.92 Å². The molecule has 0 saturated carbocycles. The first-order chi connectivity index (χ1) is 6.11. The molecule has 0 aromatic rings. The summed E-state index contributed by atoms with van der Waals surface area (Å²) in [4.78, 5) is 11.1. The van der Waals surface area contributed by atoms with Gasteiger partial charge in [0.1, 0.15) is 0 Å². The highest BCUT2D eigenvalue weighted by molar-refractivity contribution is 6.39. The molecule has 0 rings (SSSR count). The largest absolute Gasteiger partial charge is 0.551 e. The third-order valence-electron chi connectivity index (χ3n) is 1.16. The van der Waals surface area contributed by atoms with Gasteiger partial charge in [0.15, 0.2) is 0 Å². The third kappa shape index (κ3) is 5.56. The van der Waals surface area contributed by atoms with Crippen LogP contribution in [-0.4, -0.2) is 28.7 Å². The van der Waals surface area contributed by atoms with Gasteiger partial charge in [0.25, 0.3) is 0 Å². The van der Waals surface area contributed by atoms with Crippen molar-refractivity contribution in [3.8, 4) is 0 Å². The number of rotatable bonds is 6. The molecule has 0 amide bonds. The van der Waals surface area contributed by atoms with Gasteiger partial charge < -0.3 is 13.3 Å². The minimum atomic E-state index is -2.26. The van der Waals surface area contributed by atoms with E-state index in [-0.39, 0.29) is 0 Å². The van der Waals surface area contributed by atoms with E-state index < -0.39 is 15.5 Å². The lowest BCUT2D eigenvalue weighted by atomic mass is 10.4. The maximum atomic E-state index is 11.1. The van der Waals surface area contributed by atoms with E-state index in [9.17, 15) is 4.79 Å². The van der Waals surface area contributed by atoms with Gasteiger partial charge in [-0.05, 0) is 20.8 Å². The SMILES string of the molecule is C=C(C)C(=O)O[SiH](OCC)OCC. The highest BCUT2D eigenvalue weighted by Gasteiger charge is 2.19. The lowest BCUT2D eigenvalue weighted by molar-refractivity contribution is -0.133. The summed E-state index contributed by atoms with van der Waals surface area (Å²) < 4.78 is 15.2. The van der Waals surface area contributed by atoms with Crippen LogP contribution in [-0.2, 0) is 18.1 Å². The Bertz CT molecular complexity index is 175. The molecule has 0 N–H and O–H groups in total. The molecule has 0 spiro atoms. The highest BCUT2D eigenvalue weighted by Crippen LogP contribution is 1.98. The number of carbonyl (C=O) groups excluding carboxylic acids is 1. The monoisotopic (exact) mass is 204 g/mol. The quantitative estimate of drug-likeness (QED) is 0.476. The van der Waals surface area contributed by atoms with Crippen molar-refractivity contribution in [1.82, 2.24) is 0 Å². The molecule has 0 saturated heterocycles. The Labute approximate surface area is 80.5 Å². The predicted octanol–water partition coefficient (Wildman–Crippen LogP) is 0.896. The van der Waals surface area contributed by atoms with Gasteiger partial charge in [-0.15, -0.1) is 0 Å². The van der Waals surface area contributed by atoms with Gasteiger partial charge in [-0.1, -0.05) is 6.58 Å². The van der Waals surface area contributed by atoms with Crippen LogP contribution in [0.4, 0.5) is 0 Å². The van der Waals surface area contributed by atoms with Crippen LogP contribution in [0.1, 0.15) is 20.8 Å². The van der Waals surface area contributed by atoms with Gasteiger partial charge in [-0.25, -0.2) is 4.79 Å². The van der Waals surface area contributed by atoms with Crippen molar-refractivity contribution >= 4 is 15.5 Å². The Morgan fingerprint density at radius 3 is 2.08 bits per heavy atom. The second-order valence-corrected chi connectivity index (χ2v) is 3.86. The molecule has 0 atom stereocenters. The Morgan fingerprint density at radius 1 is 1.31 bits per heavy atom. The van der Waals surface area contributed by atoms with E-state index in [1.165, 1.54) is 0 Å². The first-order valence-electron chi connectivity index (χ1n) is 4.21. The van der Waals surface area contributed by atoms with Crippen LogP contribution in [0.15, 0.2) is 12.2 Å². The molecule has 0 aliphatic rings. The summed E-state index contributed by atoms with van der Waals surface area (Å²) in [7, 11) is -2.26. The number of hydrogen-bond acceptors (Lipinski definition) is 4. The molecule has 0 unspecified atom stereocenters. The Kier molecular flexibility index (Phi) is 6.48. The van der Waals surface area contributed by atoms with Crippen molar-refractivity contribution in [1.29, 1.82) is 0 Å². The van der Waals surface area contributed by atoms with Gasteiger partial charge in [0.05, 0.1) is 0 Å². The minimum Gasteiger partial charge on any atom is -0.472 e. The molecular weight excluding hydrogens is 188 g/mol.